The standard InChI is InChI=1S/C12H12FN3/c13-10-3-1-9(2-4-10)11-5-7-14-12-6-8-15-16(11)12/h1-4,6,8,11,14H,5,7H2. The van der Waals surface area contributed by atoms with E-state index in [1.165, 1.54) is 12.1 Å². The molecule has 0 saturated heterocycles. The minimum Gasteiger partial charge on any atom is -0.370 e. The normalized spacial score (nSPS) is 18.9. The lowest BCUT2D eigenvalue weighted by Crippen LogP contribution is -2.24. The highest BCUT2D eigenvalue weighted by Crippen LogP contribution is 2.28. The Balaban J connectivity index is 2.00. The monoisotopic (exact) mass is 217 g/mol. The second kappa shape index (κ2) is 3.63. The first-order valence-electron chi connectivity index (χ1n) is 5.37. The third-order valence-electron chi connectivity index (χ3n) is 2.94. The molecule has 1 aromatic heterocycles. The van der Waals surface area contributed by atoms with E-state index in [-0.39, 0.29) is 11.9 Å². The van der Waals surface area contributed by atoms with Crippen LogP contribution in [-0.2, 0) is 0 Å². The van der Waals surface area contributed by atoms with Gasteiger partial charge in [-0.3, -0.25) is 0 Å². The molecule has 0 bridgehead atoms. The lowest BCUT2D eigenvalue weighted by atomic mass is 10.0. The van der Waals surface area contributed by atoms with Gasteiger partial charge in [-0.2, -0.15) is 5.10 Å². The van der Waals surface area contributed by atoms with E-state index in [9.17, 15) is 4.39 Å². The smallest absolute Gasteiger partial charge is 0.124 e. The molecule has 1 N–H and O–H groups in total. The summed E-state index contributed by atoms with van der Waals surface area (Å²) in [7, 11) is 0. The van der Waals surface area contributed by atoms with Crippen LogP contribution in [0.2, 0.25) is 0 Å². The van der Waals surface area contributed by atoms with Crippen LogP contribution in [0.3, 0.4) is 0 Å². The van der Waals surface area contributed by atoms with Crippen molar-refractivity contribution in [2.24, 2.45) is 0 Å². The number of aromatic nitrogens is 2. The Morgan fingerprint density at radius 1 is 1.25 bits per heavy atom. The summed E-state index contributed by atoms with van der Waals surface area (Å²) >= 11 is 0. The predicted octanol–water partition coefficient (Wildman–Crippen LogP) is 2.43. The van der Waals surface area contributed by atoms with Crippen molar-refractivity contribution in [3.05, 3.63) is 47.9 Å². The molecule has 82 valence electrons. The van der Waals surface area contributed by atoms with Gasteiger partial charge in [-0.05, 0) is 24.1 Å². The molecule has 0 saturated carbocycles. The molecular weight excluding hydrogens is 205 g/mol. The van der Waals surface area contributed by atoms with Gasteiger partial charge in [-0.1, -0.05) is 12.1 Å². The highest BCUT2D eigenvalue weighted by molar-refractivity contribution is 5.38. The van der Waals surface area contributed by atoms with Crippen molar-refractivity contribution in [1.29, 1.82) is 0 Å². The van der Waals surface area contributed by atoms with Crippen molar-refractivity contribution in [1.82, 2.24) is 9.78 Å². The van der Waals surface area contributed by atoms with Crippen LogP contribution in [0.25, 0.3) is 0 Å². The molecule has 1 aromatic carbocycles. The number of hydrogen-bond acceptors (Lipinski definition) is 2. The van der Waals surface area contributed by atoms with Crippen molar-refractivity contribution in [2.75, 3.05) is 11.9 Å². The Morgan fingerprint density at radius 2 is 2.06 bits per heavy atom. The summed E-state index contributed by atoms with van der Waals surface area (Å²) < 4.78 is 14.8. The lowest BCUT2D eigenvalue weighted by molar-refractivity contribution is 0.481. The molecule has 16 heavy (non-hydrogen) atoms. The summed E-state index contributed by atoms with van der Waals surface area (Å²) in [6, 6.07) is 8.83. The molecule has 0 radical (unpaired) electrons. The largest absolute Gasteiger partial charge is 0.370 e. The van der Waals surface area contributed by atoms with E-state index >= 15 is 0 Å². The van der Waals surface area contributed by atoms with Crippen LogP contribution in [0.15, 0.2) is 36.5 Å². The first kappa shape index (κ1) is 9.39. The Hall–Kier alpha value is -1.84. The van der Waals surface area contributed by atoms with E-state index in [0.29, 0.717) is 0 Å². The second-order valence-electron chi connectivity index (χ2n) is 3.94. The molecule has 2 aromatic rings. The third kappa shape index (κ3) is 1.46. The summed E-state index contributed by atoms with van der Waals surface area (Å²) in [5.74, 6) is 0.832. The van der Waals surface area contributed by atoms with Gasteiger partial charge in [0.15, 0.2) is 0 Å². The summed E-state index contributed by atoms with van der Waals surface area (Å²) in [6.07, 6.45) is 2.75. The molecule has 0 spiro atoms. The Morgan fingerprint density at radius 3 is 2.88 bits per heavy atom. The number of anilines is 1. The zero-order valence-corrected chi connectivity index (χ0v) is 8.73. The molecular formula is C12H12FN3. The molecule has 2 heterocycles. The van der Waals surface area contributed by atoms with Gasteiger partial charge in [-0.15, -0.1) is 0 Å². The van der Waals surface area contributed by atoms with Crippen molar-refractivity contribution in [3.63, 3.8) is 0 Å². The van der Waals surface area contributed by atoms with E-state index < -0.39 is 0 Å². The molecule has 3 rings (SSSR count). The number of nitrogens with zero attached hydrogens (tertiary/aromatic N) is 2. The topological polar surface area (TPSA) is 29.9 Å². The number of benzene rings is 1. The fourth-order valence-electron chi connectivity index (χ4n) is 2.15. The molecule has 4 heteroatoms. The van der Waals surface area contributed by atoms with Crippen molar-refractivity contribution >= 4 is 5.82 Å². The molecule has 1 atom stereocenters. The molecule has 0 fully saturated rings. The molecule has 3 nitrogen and oxygen atoms in total. The Kier molecular flexibility index (Phi) is 2.13. The van der Waals surface area contributed by atoms with Crippen LogP contribution < -0.4 is 5.32 Å². The fourth-order valence-corrected chi connectivity index (χ4v) is 2.15. The van der Waals surface area contributed by atoms with E-state index in [0.717, 1.165) is 24.3 Å². The number of hydrogen-bond donors (Lipinski definition) is 1. The zero-order valence-electron chi connectivity index (χ0n) is 8.73. The SMILES string of the molecule is Fc1ccc(C2CCNc3ccnn32)cc1. The van der Waals surface area contributed by atoms with Crippen LogP contribution in [0.4, 0.5) is 10.2 Å². The molecule has 1 unspecified atom stereocenters. The minimum atomic E-state index is -0.196. The Labute approximate surface area is 92.9 Å². The maximum absolute atomic E-state index is 12.9. The van der Waals surface area contributed by atoms with Gasteiger partial charge in [0.1, 0.15) is 11.6 Å². The quantitative estimate of drug-likeness (QED) is 0.795. The molecule has 1 aliphatic rings. The van der Waals surface area contributed by atoms with Crippen LogP contribution in [0, 0.1) is 5.82 Å². The number of rotatable bonds is 1. The summed E-state index contributed by atoms with van der Waals surface area (Å²) in [4.78, 5) is 0. The Bertz CT molecular complexity index is 489. The second-order valence-corrected chi connectivity index (χ2v) is 3.94. The van der Waals surface area contributed by atoms with Crippen LogP contribution in [0.1, 0.15) is 18.0 Å². The highest BCUT2D eigenvalue weighted by atomic mass is 19.1. The molecule has 0 amide bonds. The van der Waals surface area contributed by atoms with Crippen molar-refractivity contribution in [3.8, 4) is 0 Å². The first-order valence-corrected chi connectivity index (χ1v) is 5.37. The van der Waals surface area contributed by atoms with Gasteiger partial charge in [0.2, 0.25) is 0 Å². The van der Waals surface area contributed by atoms with Gasteiger partial charge in [0.25, 0.3) is 0 Å². The third-order valence-corrected chi connectivity index (χ3v) is 2.94. The minimum absolute atomic E-state index is 0.196. The van der Waals surface area contributed by atoms with Crippen LogP contribution in [-0.4, -0.2) is 16.3 Å². The average Bonchev–Trinajstić information content (AvgIpc) is 2.78. The summed E-state index contributed by atoms with van der Waals surface area (Å²) in [5, 5.41) is 7.58. The van der Waals surface area contributed by atoms with Crippen molar-refractivity contribution < 1.29 is 4.39 Å². The lowest BCUT2D eigenvalue weighted by Gasteiger charge is -2.25. The maximum Gasteiger partial charge on any atom is 0.124 e. The number of halogens is 1. The van der Waals surface area contributed by atoms with E-state index in [1.54, 1.807) is 6.20 Å². The fraction of sp³-hybridized carbons (Fsp3) is 0.250. The zero-order chi connectivity index (χ0) is 11.0. The maximum atomic E-state index is 12.9. The first-order chi connectivity index (χ1) is 7.84. The van der Waals surface area contributed by atoms with Gasteiger partial charge in [-0.25, -0.2) is 9.07 Å². The van der Waals surface area contributed by atoms with Gasteiger partial charge < -0.3 is 5.32 Å². The summed E-state index contributed by atoms with van der Waals surface area (Å²) in [5.41, 5.74) is 1.10. The average molecular weight is 217 g/mol. The number of nitrogens with one attached hydrogen (secondary N) is 1. The molecule has 0 aliphatic carbocycles. The van der Waals surface area contributed by atoms with E-state index in [2.05, 4.69) is 10.4 Å². The van der Waals surface area contributed by atoms with Crippen molar-refractivity contribution in [2.45, 2.75) is 12.5 Å². The predicted molar refractivity (Wildman–Crippen MR) is 59.9 cm³/mol. The highest BCUT2D eigenvalue weighted by Gasteiger charge is 2.20. The van der Waals surface area contributed by atoms with Crippen LogP contribution >= 0.6 is 0 Å². The summed E-state index contributed by atoms with van der Waals surface area (Å²) in [6.45, 7) is 0.924. The van der Waals surface area contributed by atoms with Crippen LogP contribution in [0.5, 0.6) is 0 Å². The van der Waals surface area contributed by atoms with E-state index in [1.807, 2.05) is 22.9 Å². The van der Waals surface area contributed by atoms with E-state index in [4.69, 9.17) is 0 Å². The van der Waals surface area contributed by atoms with Gasteiger partial charge in [0.05, 0.1) is 12.2 Å². The molecule has 1 aliphatic heterocycles. The van der Waals surface area contributed by atoms with Gasteiger partial charge >= 0.3 is 0 Å². The number of fused-ring (bicyclic) bond motifs is 1. The van der Waals surface area contributed by atoms with Gasteiger partial charge in [0, 0.05) is 12.6 Å².